The summed E-state index contributed by atoms with van der Waals surface area (Å²) in [6, 6.07) is 16.1. The van der Waals surface area contributed by atoms with Crippen molar-refractivity contribution in [2.24, 2.45) is 0 Å². The van der Waals surface area contributed by atoms with E-state index in [0.29, 0.717) is 15.7 Å². The standard InChI is InChI=1S/C16H12ClN3O3S/c17-11-5-4-6-12(9-11)18-14(21)10-24-15-16(22)23-19-20(15)13-7-2-1-3-8-13/h1-9H,10H2,(H-,18,19,21,22)/p+1. The lowest BCUT2D eigenvalue weighted by Gasteiger charge is -2.03. The Balaban J connectivity index is 1.70. The molecule has 6 nitrogen and oxygen atoms in total. The molecule has 0 fully saturated rings. The highest BCUT2D eigenvalue weighted by atomic mass is 35.5. The van der Waals surface area contributed by atoms with E-state index in [1.165, 1.54) is 4.68 Å². The predicted octanol–water partition coefficient (Wildman–Crippen LogP) is 2.63. The molecule has 0 saturated carbocycles. The number of anilines is 1. The number of benzene rings is 2. The van der Waals surface area contributed by atoms with E-state index in [1.54, 1.807) is 24.3 Å². The van der Waals surface area contributed by atoms with Crippen molar-refractivity contribution < 1.29 is 14.0 Å². The van der Waals surface area contributed by atoms with Crippen LogP contribution in [0, 0.1) is 0 Å². The first-order valence-corrected chi connectivity index (χ1v) is 8.37. The summed E-state index contributed by atoms with van der Waals surface area (Å²) in [5, 5.41) is 6.09. The maximum absolute atomic E-state index is 12.1. The number of aromatic amines is 1. The summed E-state index contributed by atoms with van der Waals surface area (Å²) in [6.45, 7) is 0. The maximum Gasteiger partial charge on any atom is 0.442 e. The minimum Gasteiger partial charge on any atom is -0.325 e. The van der Waals surface area contributed by atoms with E-state index in [1.807, 2.05) is 30.3 Å². The predicted molar refractivity (Wildman–Crippen MR) is 91.7 cm³/mol. The van der Waals surface area contributed by atoms with Crippen LogP contribution in [0.15, 0.2) is 68.9 Å². The fourth-order valence-corrected chi connectivity index (χ4v) is 2.99. The zero-order chi connectivity index (χ0) is 16.9. The molecule has 0 unspecified atom stereocenters. The number of nitrogens with one attached hydrogen (secondary N) is 2. The molecule has 122 valence electrons. The normalized spacial score (nSPS) is 10.5. The average Bonchev–Trinajstić information content (AvgIpc) is 2.94. The lowest BCUT2D eigenvalue weighted by molar-refractivity contribution is -0.704. The fraction of sp³-hybridized carbons (Fsp3) is 0.0625. The van der Waals surface area contributed by atoms with Crippen molar-refractivity contribution in [2.75, 3.05) is 11.1 Å². The second-order valence-corrected chi connectivity index (χ2v) is 6.20. The van der Waals surface area contributed by atoms with Gasteiger partial charge in [0.15, 0.2) is 0 Å². The smallest absolute Gasteiger partial charge is 0.325 e. The van der Waals surface area contributed by atoms with Gasteiger partial charge in [0.1, 0.15) is 0 Å². The van der Waals surface area contributed by atoms with Gasteiger partial charge in [-0.15, -0.1) is 0 Å². The van der Waals surface area contributed by atoms with Crippen LogP contribution in [0.1, 0.15) is 0 Å². The Bertz CT molecular complexity index is 908. The minimum atomic E-state index is -0.528. The number of H-pyrrole nitrogens is 1. The number of nitrogens with zero attached hydrogens (tertiary/aromatic N) is 1. The van der Waals surface area contributed by atoms with Gasteiger partial charge in [-0.25, -0.2) is 4.79 Å². The van der Waals surface area contributed by atoms with Crippen molar-refractivity contribution in [3.05, 3.63) is 70.0 Å². The van der Waals surface area contributed by atoms with Crippen molar-refractivity contribution in [3.8, 4) is 5.69 Å². The van der Waals surface area contributed by atoms with Crippen LogP contribution >= 0.6 is 23.4 Å². The third kappa shape index (κ3) is 3.87. The summed E-state index contributed by atoms with van der Waals surface area (Å²) < 4.78 is 6.33. The summed E-state index contributed by atoms with van der Waals surface area (Å²) in [5.74, 6) is -0.190. The Kier molecular flexibility index (Phi) is 5.02. The molecule has 2 aromatic carbocycles. The number of rotatable bonds is 5. The molecule has 3 aromatic rings. The molecule has 0 spiro atoms. The minimum absolute atomic E-state index is 0.0575. The first-order valence-electron chi connectivity index (χ1n) is 7.00. The number of halogens is 1. The van der Waals surface area contributed by atoms with E-state index in [-0.39, 0.29) is 11.7 Å². The van der Waals surface area contributed by atoms with Crippen molar-refractivity contribution >= 4 is 35.0 Å². The lowest BCUT2D eigenvalue weighted by Crippen LogP contribution is -2.36. The van der Waals surface area contributed by atoms with Gasteiger partial charge in [0, 0.05) is 22.8 Å². The number of thioether (sulfide) groups is 1. The number of hydrogen-bond acceptors (Lipinski definition) is 4. The van der Waals surface area contributed by atoms with Crippen LogP contribution in [0.3, 0.4) is 0 Å². The Morgan fingerprint density at radius 3 is 2.75 bits per heavy atom. The highest BCUT2D eigenvalue weighted by Crippen LogP contribution is 2.16. The Morgan fingerprint density at radius 2 is 2.00 bits per heavy atom. The molecule has 0 radical (unpaired) electrons. The van der Waals surface area contributed by atoms with Crippen molar-refractivity contribution in [1.29, 1.82) is 0 Å². The summed E-state index contributed by atoms with van der Waals surface area (Å²) in [6.07, 6.45) is 0. The summed E-state index contributed by atoms with van der Waals surface area (Å²) in [5.41, 5.74) is 0.811. The third-order valence-electron chi connectivity index (χ3n) is 3.07. The van der Waals surface area contributed by atoms with Crippen molar-refractivity contribution in [2.45, 2.75) is 5.03 Å². The molecule has 1 heterocycles. The van der Waals surface area contributed by atoms with Crippen LogP contribution in [0.5, 0.6) is 0 Å². The topological polar surface area (TPSA) is 79.0 Å². The van der Waals surface area contributed by atoms with Gasteiger partial charge >= 0.3 is 10.7 Å². The van der Waals surface area contributed by atoms with Crippen molar-refractivity contribution in [1.82, 2.24) is 5.27 Å². The van der Waals surface area contributed by atoms with Crippen LogP contribution in [-0.2, 0) is 4.79 Å². The molecule has 1 aromatic heterocycles. The SMILES string of the molecule is O=C(CSc1c(=O)o[nH][n+]1-c1ccccc1)Nc1cccc(Cl)c1. The van der Waals surface area contributed by atoms with E-state index >= 15 is 0 Å². The molecule has 0 aliphatic carbocycles. The number of carbonyl (C=O) groups is 1. The van der Waals surface area contributed by atoms with E-state index in [2.05, 4.69) is 10.6 Å². The molecular formula is C16H13ClN3O3S+. The van der Waals surface area contributed by atoms with E-state index in [9.17, 15) is 9.59 Å². The molecule has 0 aliphatic rings. The zero-order valence-electron chi connectivity index (χ0n) is 12.4. The van der Waals surface area contributed by atoms with Gasteiger partial charge < -0.3 is 5.32 Å². The van der Waals surface area contributed by atoms with Gasteiger partial charge in [-0.3, -0.25) is 9.32 Å². The number of aromatic nitrogens is 2. The van der Waals surface area contributed by atoms with Crippen LogP contribution in [-0.4, -0.2) is 16.9 Å². The Hall–Kier alpha value is -2.51. The summed E-state index contributed by atoms with van der Waals surface area (Å²) >= 11 is 6.97. The highest BCUT2D eigenvalue weighted by Gasteiger charge is 2.24. The molecule has 0 atom stereocenters. The van der Waals surface area contributed by atoms with Gasteiger partial charge in [-0.05, 0) is 39.9 Å². The quantitative estimate of drug-likeness (QED) is 0.540. The first kappa shape index (κ1) is 16.4. The number of para-hydroxylation sites is 1. The largest absolute Gasteiger partial charge is 0.442 e. The van der Waals surface area contributed by atoms with E-state index in [4.69, 9.17) is 16.1 Å². The number of carbonyl (C=O) groups excluding carboxylic acids is 1. The lowest BCUT2D eigenvalue weighted by atomic mass is 10.3. The van der Waals surface area contributed by atoms with Gasteiger partial charge in [-0.2, -0.15) is 0 Å². The molecule has 8 heteroatoms. The first-order chi connectivity index (χ1) is 11.6. The van der Waals surface area contributed by atoms with Gasteiger partial charge in [0.25, 0.3) is 0 Å². The average molecular weight is 363 g/mol. The van der Waals surface area contributed by atoms with Gasteiger partial charge in [-0.1, -0.05) is 35.9 Å². The van der Waals surface area contributed by atoms with Crippen LogP contribution in [0.4, 0.5) is 5.69 Å². The van der Waals surface area contributed by atoms with Crippen molar-refractivity contribution in [3.63, 3.8) is 0 Å². The van der Waals surface area contributed by atoms with Gasteiger partial charge in [0.05, 0.1) is 5.75 Å². The zero-order valence-corrected chi connectivity index (χ0v) is 13.9. The van der Waals surface area contributed by atoms with Crippen LogP contribution in [0.2, 0.25) is 5.02 Å². The molecule has 0 bridgehead atoms. The highest BCUT2D eigenvalue weighted by molar-refractivity contribution is 7.99. The number of hydrogen-bond donors (Lipinski definition) is 2. The van der Waals surface area contributed by atoms with E-state index < -0.39 is 5.63 Å². The molecule has 3 rings (SSSR count). The second kappa shape index (κ2) is 7.37. The second-order valence-electron chi connectivity index (χ2n) is 4.80. The molecule has 0 saturated heterocycles. The third-order valence-corrected chi connectivity index (χ3v) is 4.33. The van der Waals surface area contributed by atoms with Crippen LogP contribution < -0.4 is 15.6 Å². The molecule has 0 aliphatic heterocycles. The fourth-order valence-electron chi connectivity index (χ4n) is 2.03. The number of amides is 1. The summed E-state index contributed by atoms with van der Waals surface area (Å²) in [4.78, 5) is 23.9. The monoisotopic (exact) mass is 362 g/mol. The summed E-state index contributed by atoms with van der Waals surface area (Å²) in [7, 11) is 0. The van der Waals surface area contributed by atoms with Gasteiger partial charge in [0.2, 0.25) is 11.6 Å². The van der Waals surface area contributed by atoms with Crippen LogP contribution in [0.25, 0.3) is 5.69 Å². The van der Waals surface area contributed by atoms with E-state index in [0.717, 1.165) is 17.4 Å². The molecule has 1 amide bonds. The Labute approximate surface area is 146 Å². The Morgan fingerprint density at radius 1 is 1.21 bits per heavy atom. The molecular weight excluding hydrogens is 350 g/mol. The molecule has 24 heavy (non-hydrogen) atoms. The molecule has 2 N–H and O–H groups in total. The maximum atomic E-state index is 12.1.